The van der Waals surface area contributed by atoms with Gasteiger partial charge in [0.1, 0.15) is 11.6 Å². The molecule has 0 spiro atoms. The van der Waals surface area contributed by atoms with Gasteiger partial charge >= 0.3 is 0 Å². The van der Waals surface area contributed by atoms with Crippen LogP contribution in [-0.2, 0) is 9.53 Å². The topological polar surface area (TPSA) is 130 Å². The zero-order valence-corrected chi connectivity index (χ0v) is 28.3. The molecule has 2 heterocycles. The summed E-state index contributed by atoms with van der Waals surface area (Å²) in [4.78, 5) is 30.1. The van der Waals surface area contributed by atoms with Crippen molar-refractivity contribution in [3.05, 3.63) is 83.4 Å². The molecule has 9 nitrogen and oxygen atoms in total. The summed E-state index contributed by atoms with van der Waals surface area (Å²) in [6.45, 7) is 14.4. The maximum atomic E-state index is 11.0. The fourth-order valence-corrected chi connectivity index (χ4v) is 4.36. The van der Waals surface area contributed by atoms with E-state index >= 15 is 0 Å². The molecule has 3 rings (SSSR count). The zero-order chi connectivity index (χ0) is 32.1. The van der Waals surface area contributed by atoms with Crippen molar-refractivity contribution >= 4 is 51.4 Å². The monoisotopic (exact) mass is 627 g/mol. The van der Waals surface area contributed by atoms with Crippen molar-refractivity contribution in [2.75, 3.05) is 18.9 Å². The van der Waals surface area contributed by atoms with Crippen molar-refractivity contribution in [2.45, 2.75) is 67.7 Å². The molecule has 0 unspecified atom stereocenters. The van der Waals surface area contributed by atoms with Crippen molar-refractivity contribution < 1.29 is 9.53 Å². The second-order valence-electron chi connectivity index (χ2n) is 8.36. The molecule has 0 saturated heterocycles. The first kappa shape index (κ1) is 39.4. The number of aromatic amines is 1. The van der Waals surface area contributed by atoms with Gasteiger partial charge in [-0.2, -0.15) is 9.98 Å². The third kappa shape index (κ3) is 22.7. The van der Waals surface area contributed by atoms with Crippen molar-refractivity contribution in [1.82, 2.24) is 15.3 Å². The Kier molecular flexibility index (Phi) is 25.0. The fourth-order valence-electron chi connectivity index (χ4n) is 2.86. The maximum Gasteiger partial charge on any atom is 0.225 e. The number of hydrogen-bond donors (Lipinski definition) is 3. The quantitative estimate of drug-likeness (QED) is 0.116. The molecule has 2 aliphatic rings. The van der Waals surface area contributed by atoms with E-state index in [0.717, 1.165) is 35.6 Å². The number of nitrogens with zero attached hydrogens (tertiary/aromatic N) is 4. The standard InChI is InChI=1S/C18H24N6O2.C8H11NS2.C4H8.C2H6/c1-13(25)21-9-15-5-3-7-16(8-4-6-15)11-26-14(2)23-18(19)24-17-10-20-12-22-17;1-2-10-11-8-6-4-3-5-7-9-8;1-3-4-2;1-2/h3,6-8,10,12H,4-5,9,11H2,1-2H3,(H2,19,24)(H,20,22)(H,21,25);3-4,6-7H,2,5H2,1H3;3-4H,1-2H3;1-2H3/b7-3-,15-6?,16-8+,23-14+;;4-3-;. The van der Waals surface area contributed by atoms with Crippen LogP contribution in [0.4, 0.5) is 5.82 Å². The van der Waals surface area contributed by atoms with Crippen molar-refractivity contribution in [2.24, 2.45) is 20.7 Å². The number of hydrogen-bond acceptors (Lipinski definition) is 7. The number of carbonyl (C=O) groups is 1. The highest BCUT2D eigenvalue weighted by atomic mass is 33.1. The number of guanidine groups is 1. The first-order chi connectivity index (χ1) is 20.9. The Bertz CT molecular complexity index is 1170. The molecule has 1 amide bonds. The lowest BCUT2D eigenvalue weighted by atomic mass is 10.1. The minimum Gasteiger partial charge on any atom is -0.476 e. The number of nitrogens with one attached hydrogen (secondary N) is 2. The molecule has 1 aliphatic carbocycles. The minimum absolute atomic E-state index is 0.0216. The highest BCUT2D eigenvalue weighted by molar-refractivity contribution is 8.78. The molecule has 1 aromatic heterocycles. The van der Waals surface area contributed by atoms with Crippen LogP contribution in [0, 0.1) is 0 Å². The Balaban J connectivity index is 0.000000854. The van der Waals surface area contributed by atoms with Crippen LogP contribution in [0.3, 0.4) is 0 Å². The molecular formula is C32H49N7O2S2. The summed E-state index contributed by atoms with van der Waals surface area (Å²) < 4.78 is 5.64. The third-order valence-corrected chi connectivity index (χ3v) is 7.27. The van der Waals surface area contributed by atoms with Crippen LogP contribution in [0.1, 0.15) is 67.7 Å². The van der Waals surface area contributed by atoms with Crippen LogP contribution in [0.5, 0.6) is 0 Å². The van der Waals surface area contributed by atoms with Crippen LogP contribution < -0.4 is 11.1 Å². The smallest absolute Gasteiger partial charge is 0.225 e. The highest BCUT2D eigenvalue weighted by Crippen LogP contribution is 2.30. The minimum atomic E-state index is -0.0216. The molecule has 0 saturated carbocycles. The number of aliphatic imine (C=N–C) groups is 3. The van der Waals surface area contributed by atoms with E-state index in [-0.39, 0.29) is 11.9 Å². The average molecular weight is 628 g/mol. The van der Waals surface area contributed by atoms with Gasteiger partial charge in [0.15, 0.2) is 11.7 Å². The lowest BCUT2D eigenvalue weighted by Crippen LogP contribution is -2.22. The van der Waals surface area contributed by atoms with Crippen molar-refractivity contribution in [3.63, 3.8) is 0 Å². The van der Waals surface area contributed by atoms with E-state index in [1.165, 1.54) is 18.8 Å². The maximum absolute atomic E-state index is 11.0. The molecule has 0 atom stereocenters. The fraction of sp³-hybridized carbons (Fsp3) is 0.406. The summed E-state index contributed by atoms with van der Waals surface area (Å²) in [5.41, 5.74) is 8.00. The SMILES string of the molecule is C/C=C\C.CC.CC(=O)NCC1=CC/C=C(CO/C(C)=N/C(N)=N\c2cnc[nH]2)\C=C/C1.CCSSC1=CC=CCC=N1. The summed E-state index contributed by atoms with van der Waals surface area (Å²) in [6, 6.07) is 0. The predicted molar refractivity (Wildman–Crippen MR) is 190 cm³/mol. The van der Waals surface area contributed by atoms with Gasteiger partial charge in [0.25, 0.3) is 0 Å². The number of allylic oxidation sites excluding steroid dienone is 8. The average Bonchev–Trinajstić information content (AvgIpc) is 3.36. The van der Waals surface area contributed by atoms with Gasteiger partial charge in [-0.05, 0) is 49.1 Å². The van der Waals surface area contributed by atoms with Gasteiger partial charge < -0.3 is 20.8 Å². The molecule has 0 aromatic carbocycles. The summed E-state index contributed by atoms with van der Waals surface area (Å²) >= 11 is 0. The second kappa shape index (κ2) is 27.3. The lowest BCUT2D eigenvalue weighted by molar-refractivity contribution is -0.118. The Morgan fingerprint density at radius 1 is 1.19 bits per heavy atom. The number of H-pyrrole nitrogens is 1. The Labute approximate surface area is 266 Å². The molecule has 0 radical (unpaired) electrons. The van der Waals surface area contributed by atoms with E-state index in [1.807, 2.05) is 62.9 Å². The van der Waals surface area contributed by atoms with Gasteiger partial charge in [-0.15, -0.1) is 0 Å². The van der Waals surface area contributed by atoms with Crippen LogP contribution in [0.2, 0.25) is 0 Å². The van der Waals surface area contributed by atoms with E-state index in [9.17, 15) is 4.79 Å². The molecule has 1 aliphatic heterocycles. The molecule has 0 fully saturated rings. The van der Waals surface area contributed by atoms with Crippen molar-refractivity contribution in [3.8, 4) is 0 Å². The molecule has 11 heteroatoms. The number of nitrogens with two attached hydrogens (primary N) is 1. The number of imidazole rings is 1. The molecule has 236 valence electrons. The summed E-state index contributed by atoms with van der Waals surface area (Å²) in [5.74, 6) is 2.17. The van der Waals surface area contributed by atoms with E-state index in [0.29, 0.717) is 24.9 Å². The molecule has 0 bridgehead atoms. The zero-order valence-electron chi connectivity index (χ0n) is 26.7. The van der Waals surface area contributed by atoms with Gasteiger partial charge in [-0.25, -0.2) is 4.98 Å². The Morgan fingerprint density at radius 3 is 2.60 bits per heavy atom. The summed E-state index contributed by atoms with van der Waals surface area (Å²) in [7, 11) is 3.56. The van der Waals surface area contributed by atoms with Crippen LogP contribution >= 0.6 is 21.6 Å². The highest BCUT2D eigenvalue weighted by Gasteiger charge is 2.03. The Hall–Kier alpha value is -3.57. The molecule has 1 aromatic rings. The van der Waals surface area contributed by atoms with E-state index in [2.05, 4.69) is 73.6 Å². The Morgan fingerprint density at radius 2 is 1.95 bits per heavy atom. The second-order valence-corrected chi connectivity index (χ2v) is 11.0. The van der Waals surface area contributed by atoms with Crippen molar-refractivity contribution in [1.29, 1.82) is 0 Å². The summed E-state index contributed by atoms with van der Waals surface area (Å²) in [5, 5.41) is 3.92. The van der Waals surface area contributed by atoms with Gasteiger partial charge in [-0.1, -0.05) is 85.7 Å². The number of ether oxygens (including phenoxy) is 1. The van der Waals surface area contributed by atoms with Gasteiger partial charge in [0.2, 0.25) is 11.9 Å². The van der Waals surface area contributed by atoms with E-state index < -0.39 is 0 Å². The lowest BCUT2D eigenvalue weighted by Gasteiger charge is -2.10. The normalized spacial score (nSPS) is 16.6. The van der Waals surface area contributed by atoms with E-state index in [4.69, 9.17) is 10.5 Å². The summed E-state index contributed by atoms with van der Waals surface area (Å²) in [6.07, 6.45) is 26.1. The number of aromatic nitrogens is 2. The third-order valence-electron chi connectivity index (χ3n) is 4.93. The van der Waals surface area contributed by atoms with Crippen LogP contribution in [0.15, 0.2) is 98.4 Å². The molecule has 43 heavy (non-hydrogen) atoms. The first-order valence-electron chi connectivity index (χ1n) is 14.4. The molecular weight excluding hydrogens is 579 g/mol. The van der Waals surface area contributed by atoms with E-state index in [1.54, 1.807) is 23.9 Å². The largest absolute Gasteiger partial charge is 0.476 e. The predicted octanol–water partition coefficient (Wildman–Crippen LogP) is 8.00. The van der Waals surface area contributed by atoms with Crippen LogP contribution in [-0.4, -0.2) is 52.9 Å². The molecule has 4 N–H and O–H groups in total. The van der Waals surface area contributed by atoms with Gasteiger partial charge in [0, 0.05) is 38.8 Å². The first-order valence-corrected chi connectivity index (χ1v) is 16.7. The van der Waals surface area contributed by atoms with Gasteiger partial charge in [0.05, 0.1) is 12.5 Å². The number of carbonyl (C=O) groups excluding carboxylic acids is 1. The number of amides is 1. The van der Waals surface area contributed by atoms with Gasteiger partial charge in [-0.3, -0.25) is 9.79 Å². The number of rotatable bonds is 8. The van der Waals surface area contributed by atoms with Crippen LogP contribution in [0.25, 0.3) is 0 Å².